The second kappa shape index (κ2) is 7.59. The number of ether oxygens (including phenoxy) is 1. The Bertz CT molecular complexity index is 698. The number of benzene rings is 1. The van der Waals surface area contributed by atoms with E-state index in [0.29, 0.717) is 18.8 Å². The largest absolute Gasteiger partial charge is 0.494 e. The Morgan fingerprint density at radius 2 is 2.04 bits per heavy atom. The van der Waals surface area contributed by atoms with E-state index in [1.807, 2.05) is 24.4 Å². The van der Waals surface area contributed by atoms with Gasteiger partial charge in [0.05, 0.1) is 24.8 Å². The van der Waals surface area contributed by atoms with Crippen LogP contribution in [0.5, 0.6) is 5.75 Å². The lowest BCUT2D eigenvalue weighted by Crippen LogP contribution is -2.38. The molecule has 1 aromatic carbocycles. The van der Waals surface area contributed by atoms with Crippen molar-refractivity contribution in [2.24, 2.45) is 0 Å². The molecule has 6 heteroatoms. The molecule has 1 aliphatic rings. The lowest BCUT2D eigenvalue weighted by atomic mass is 10.2. The lowest BCUT2D eigenvalue weighted by Gasteiger charge is -2.16. The summed E-state index contributed by atoms with van der Waals surface area (Å²) in [5.41, 5.74) is 0.592. The number of nitrogens with one attached hydrogen (secondary N) is 1. The fourth-order valence-corrected chi connectivity index (χ4v) is 3.27. The number of hydrogen-bond acceptors (Lipinski definition) is 5. The predicted molar refractivity (Wildman–Crippen MR) is 94.3 cm³/mol. The maximum atomic E-state index is 12.5. The number of imide groups is 1. The summed E-state index contributed by atoms with van der Waals surface area (Å²) in [5.74, 6) is 0.372. The van der Waals surface area contributed by atoms with Gasteiger partial charge in [0.2, 0.25) is 5.91 Å². The van der Waals surface area contributed by atoms with Gasteiger partial charge in [-0.05, 0) is 42.1 Å². The Labute approximate surface area is 145 Å². The van der Waals surface area contributed by atoms with Crippen LogP contribution in [-0.2, 0) is 16.1 Å². The number of anilines is 1. The maximum Gasteiger partial charge on any atom is 0.251 e. The average molecular weight is 344 g/mol. The zero-order valence-corrected chi connectivity index (χ0v) is 14.3. The summed E-state index contributed by atoms with van der Waals surface area (Å²) < 4.78 is 5.53. The Kier molecular flexibility index (Phi) is 5.27. The van der Waals surface area contributed by atoms with Gasteiger partial charge in [-0.3, -0.25) is 9.59 Å². The van der Waals surface area contributed by atoms with E-state index in [4.69, 9.17) is 4.74 Å². The van der Waals surface area contributed by atoms with Crippen LogP contribution in [0.3, 0.4) is 0 Å². The Morgan fingerprint density at radius 3 is 2.71 bits per heavy atom. The Hall–Kier alpha value is -2.18. The summed E-state index contributed by atoms with van der Waals surface area (Å²) in [7, 11) is 0. The highest BCUT2D eigenvalue weighted by Gasteiger charge is 2.39. The van der Waals surface area contributed by atoms with Crippen molar-refractivity contribution in [1.29, 1.82) is 0 Å². The second-order valence-corrected chi connectivity index (χ2v) is 6.66. The quantitative estimate of drug-likeness (QED) is 0.785. The molecule has 1 aliphatic heterocycles. The van der Waals surface area contributed by atoms with Crippen LogP contribution in [0, 0.1) is 0 Å². The van der Waals surface area contributed by atoms with Gasteiger partial charge in [0, 0.05) is 11.4 Å². The third-order valence-corrected chi connectivity index (χ3v) is 4.69. The average Bonchev–Trinajstić information content (AvgIpc) is 3.20. The Morgan fingerprint density at radius 1 is 1.25 bits per heavy atom. The molecule has 5 nitrogen and oxygen atoms in total. The highest BCUT2D eigenvalue weighted by Crippen LogP contribution is 2.25. The molecule has 0 spiro atoms. The third-order valence-electron chi connectivity index (χ3n) is 3.82. The fourth-order valence-electron chi connectivity index (χ4n) is 2.61. The first-order valence-electron chi connectivity index (χ1n) is 8.04. The molecule has 1 fully saturated rings. The topological polar surface area (TPSA) is 58.6 Å². The molecule has 0 saturated carbocycles. The van der Waals surface area contributed by atoms with Crippen LogP contribution in [0.4, 0.5) is 5.69 Å². The summed E-state index contributed by atoms with van der Waals surface area (Å²) in [6.07, 6.45) is 1.13. The van der Waals surface area contributed by atoms with E-state index in [1.54, 1.807) is 35.6 Å². The van der Waals surface area contributed by atoms with Crippen molar-refractivity contribution < 1.29 is 14.3 Å². The zero-order valence-electron chi connectivity index (χ0n) is 13.5. The molecule has 2 aromatic rings. The molecular formula is C18H20N2O3S. The summed E-state index contributed by atoms with van der Waals surface area (Å²) in [5, 5.41) is 5.17. The molecular weight excluding hydrogens is 324 g/mol. The minimum atomic E-state index is -0.462. The molecule has 1 N–H and O–H groups in total. The molecule has 2 heterocycles. The molecule has 0 bridgehead atoms. The van der Waals surface area contributed by atoms with Gasteiger partial charge < -0.3 is 10.1 Å². The highest BCUT2D eigenvalue weighted by molar-refractivity contribution is 7.09. The molecule has 24 heavy (non-hydrogen) atoms. The first-order valence-corrected chi connectivity index (χ1v) is 8.92. The van der Waals surface area contributed by atoms with Crippen molar-refractivity contribution >= 4 is 28.8 Å². The molecule has 1 aromatic heterocycles. The summed E-state index contributed by atoms with van der Waals surface area (Å²) in [6.45, 7) is 3.29. The van der Waals surface area contributed by atoms with E-state index in [-0.39, 0.29) is 18.2 Å². The first-order chi connectivity index (χ1) is 11.7. The van der Waals surface area contributed by atoms with Gasteiger partial charge in [0.15, 0.2) is 0 Å². The normalized spacial score (nSPS) is 17.5. The van der Waals surface area contributed by atoms with Crippen molar-refractivity contribution in [1.82, 2.24) is 5.32 Å². The minimum Gasteiger partial charge on any atom is -0.494 e. The SMILES string of the molecule is CCCOc1ccc(N2C(=O)C[C@@H](NCc3cccs3)C2=O)cc1. The van der Waals surface area contributed by atoms with Crippen molar-refractivity contribution in [3.63, 3.8) is 0 Å². The lowest BCUT2D eigenvalue weighted by molar-refractivity contribution is -0.121. The molecule has 3 rings (SSSR count). The molecule has 2 amide bonds. The van der Waals surface area contributed by atoms with Gasteiger partial charge >= 0.3 is 0 Å². The molecule has 126 valence electrons. The van der Waals surface area contributed by atoms with E-state index in [9.17, 15) is 9.59 Å². The molecule has 0 unspecified atom stereocenters. The standard InChI is InChI=1S/C18H20N2O3S/c1-2-9-23-14-7-5-13(6-8-14)20-17(21)11-16(18(20)22)19-12-15-4-3-10-24-15/h3-8,10,16,19H,2,9,11-12H2,1H3/t16-/m1/s1. The zero-order chi connectivity index (χ0) is 16.9. The van der Waals surface area contributed by atoms with Gasteiger partial charge in [-0.25, -0.2) is 4.90 Å². The summed E-state index contributed by atoms with van der Waals surface area (Å²) in [6, 6.07) is 10.6. The van der Waals surface area contributed by atoms with E-state index in [2.05, 4.69) is 5.32 Å². The molecule has 1 atom stereocenters. The van der Waals surface area contributed by atoms with E-state index in [1.165, 1.54) is 4.90 Å². The maximum absolute atomic E-state index is 12.5. The van der Waals surface area contributed by atoms with Crippen molar-refractivity contribution in [3.8, 4) is 5.75 Å². The van der Waals surface area contributed by atoms with Crippen LogP contribution < -0.4 is 15.0 Å². The van der Waals surface area contributed by atoms with E-state index < -0.39 is 6.04 Å². The van der Waals surface area contributed by atoms with Crippen LogP contribution in [0.2, 0.25) is 0 Å². The number of nitrogens with zero attached hydrogens (tertiary/aromatic N) is 1. The van der Waals surface area contributed by atoms with Gasteiger partial charge in [-0.1, -0.05) is 13.0 Å². The highest BCUT2D eigenvalue weighted by atomic mass is 32.1. The smallest absolute Gasteiger partial charge is 0.251 e. The van der Waals surface area contributed by atoms with Crippen LogP contribution in [0.25, 0.3) is 0 Å². The van der Waals surface area contributed by atoms with E-state index in [0.717, 1.165) is 17.0 Å². The first kappa shape index (κ1) is 16.7. The van der Waals surface area contributed by atoms with Crippen LogP contribution in [0.1, 0.15) is 24.6 Å². The van der Waals surface area contributed by atoms with Crippen LogP contribution in [0.15, 0.2) is 41.8 Å². The van der Waals surface area contributed by atoms with Crippen molar-refractivity contribution in [2.45, 2.75) is 32.4 Å². The van der Waals surface area contributed by atoms with Gasteiger partial charge in [-0.2, -0.15) is 0 Å². The van der Waals surface area contributed by atoms with E-state index >= 15 is 0 Å². The van der Waals surface area contributed by atoms with Crippen molar-refractivity contribution in [3.05, 3.63) is 46.7 Å². The Balaban J connectivity index is 1.65. The molecule has 0 aliphatic carbocycles. The minimum absolute atomic E-state index is 0.175. The van der Waals surface area contributed by atoms with Crippen molar-refractivity contribution in [2.75, 3.05) is 11.5 Å². The fraction of sp³-hybridized carbons (Fsp3) is 0.333. The summed E-state index contributed by atoms with van der Waals surface area (Å²) in [4.78, 5) is 27.2. The number of carbonyl (C=O) groups excluding carboxylic acids is 2. The molecule has 0 radical (unpaired) electrons. The monoisotopic (exact) mass is 344 g/mol. The number of carbonyl (C=O) groups is 2. The molecule has 1 saturated heterocycles. The van der Waals surface area contributed by atoms with Crippen LogP contribution in [-0.4, -0.2) is 24.5 Å². The number of thiophene rings is 1. The number of rotatable bonds is 7. The predicted octanol–water partition coefficient (Wildman–Crippen LogP) is 2.96. The number of hydrogen-bond donors (Lipinski definition) is 1. The number of amides is 2. The third kappa shape index (κ3) is 3.66. The summed E-state index contributed by atoms with van der Waals surface area (Å²) >= 11 is 1.63. The van der Waals surface area contributed by atoms with Gasteiger partial charge in [0.25, 0.3) is 5.91 Å². The second-order valence-electron chi connectivity index (χ2n) is 5.63. The van der Waals surface area contributed by atoms with Crippen LogP contribution >= 0.6 is 11.3 Å². The van der Waals surface area contributed by atoms with Gasteiger partial charge in [-0.15, -0.1) is 11.3 Å². The van der Waals surface area contributed by atoms with Gasteiger partial charge in [0.1, 0.15) is 5.75 Å².